The van der Waals surface area contributed by atoms with Gasteiger partial charge in [-0.25, -0.2) is 0 Å². The number of phenols is 2. The third kappa shape index (κ3) is 5.05. The van der Waals surface area contributed by atoms with E-state index in [0.29, 0.717) is 12.0 Å². The van der Waals surface area contributed by atoms with Crippen LogP contribution in [0.2, 0.25) is 0 Å². The monoisotopic (exact) mass is 254 g/mol. The number of ether oxygens (including phenoxy) is 1. The number of carbonyl (C=O) groups is 1. The number of hydrogen-bond donors (Lipinski definition) is 3. The first-order valence-electron chi connectivity index (χ1n) is 5.76. The third-order valence-corrected chi connectivity index (χ3v) is 2.28. The van der Waals surface area contributed by atoms with Crippen LogP contribution in [0.3, 0.4) is 0 Å². The minimum absolute atomic E-state index is 0.0347. The summed E-state index contributed by atoms with van der Waals surface area (Å²) in [7, 11) is 0. The van der Waals surface area contributed by atoms with Crippen molar-refractivity contribution >= 4 is 5.97 Å². The SMILES string of the molecule is CC(O)CC(=O)OC(C)Cc1cc(O)cc(O)c1. The van der Waals surface area contributed by atoms with Gasteiger partial charge in [0.25, 0.3) is 0 Å². The number of aromatic hydroxyl groups is 2. The zero-order valence-electron chi connectivity index (χ0n) is 10.5. The molecule has 1 aromatic rings. The molecule has 0 bridgehead atoms. The highest BCUT2D eigenvalue weighted by molar-refractivity contribution is 5.70. The van der Waals surface area contributed by atoms with Gasteiger partial charge in [0.05, 0.1) is 12.5 Å². The smallest absolute Gasteiger partial charge is 0.308 e. The molecule has 0 radical (unpaired) electrons. The molecule has 3 N–H and O–H groups in total. The molecule has 100 valence electrons. The van der Waals surface area contributed by atoms with Crippen LogP contribution in [0.25, 0.3) is 0 Å². The Labute approximate surface area is 106 Å². The van der Waals surface area contributed by atoms with Crippen molar-refractivity contribution in [2.24, 2.45) is 0 Å². The Balaban J connectivity index is 2.53. The molecule has 5 nitrogen and oxygen atoms in total. The molecule has 18 heavy (non-hydrogen) atoms. The first-order chi connectivity index (χ1) is 8.36. The summed E-state index contributed by atoms with van der Waals surface area (Å²) in [5.41, 5.74) is 0.671. The molecule has 0 aliphatic heterocycles. The lowest BCUT2D eigenvalue weighted by atomic mass is 10.1. The fourth-order valence-corrected chi connectivity index (χ4v) is 1.66. The number of rotatable bonds is 5. The van der Waals surface area contributed by atoms with Crippen LogP contribution in [0.15, 0.2) is 18.2 Å². The highest BCUT2D eigenvalue weighted by Crippen LogP contribution is 2.21. The minimum atomic E-state index is -0.727. The number of hydrogen-bond acceptors (Lipinski definition) is 5. The van der Waals surface area contributed by atoms with Crippen LogP contribution in [0, 0.1) is 0 Å². The Morgan fingerprint density at radius 2 is 1.78 bits per heavy atom. The standard InChI is InChI=1S/C13H18O5/c1-8(14)3-13(17)18-9(2)4-10-5-11(15)7-12(16)6-10/h5-9,14-16H,3-4H2,1-2H3. The van der Waals surface area contributed by atoms with Gasteiger partial charge < -0.3 is 20.1 Å². The third-order valence-electron chi connectivity index (χ3n) is 2.28. The second-order valence-electron chi connectivity index (χ2n) is 4.42. The van der Waals surface area contributed by atoms with Gasteiger partial charge in [-0.15, -0.1) is 0 Å². The van der Waals surface area contributed by atoms with E-state index < -0.39 is 18.2 Å². The molecular formula is C13H18O5. The first-order valence-corrected chi connectivity index (χ1v) is 5.76. The van der Waals surface area contributed by atoms with Crippen molar-refractivity contribution in [2.45, 2.75) is 38.9 Å². The lowest BCUT2D eigenvalue weighted by Crippen LogP contribution is -2.20. The van der Waals surface area contributed by atoms with Crippen LogP contribution >= 0.6 is 0 Å². The lowest BCUT2D eigenvalue weighted by molar-refractivity contribution is -0.150. The van der Waals surface area contributed by atoms with Gasteiger partial charge in [-0.05, 0) is 31.5 Å². The van der Waals surface area contributed by atoms with E-state index in [1.807, 2.05) is 0 Å². The Bertz CT molecular complexity index is 394. The fourth-order valence-electron chi connectivity index (χ4n) is 1.66. The molecule has 0 spiro atoms. The van der Waals surface area contributed by atoms with Gasteiger partial charge >= 0.3 is 5.97 Å². The highest BCUT2D eigenvalue weighted by atomic mass is 16.5. The molecule has 0 saturated heterocycles. The van der Waals surface area contributed by atoms with Crippen LogP contribution in [0.1, 0.15) is 25.8 Å². The average molecular weight is 254 g/mol. The van der Waals surface area contributed by atoms with Crippen LogP contribution in [-0.2, 0) is 16.0 Å². The Morgan fingerprint density at radius 1 is 1.22 bits per heavy atom. The van der Waals surface area contributed by atoms with Crippen LogP contribution in [0.5, 0.6) is 11.5 Å². The van der Waals surface area contributed by atoms with Crippen molar-refractivity contribution < 1.29 is 24.9 Å². The van der Waals surface area contributed by atoms with Crippen molar-refractivity contribution in [3.8, 4) is 11.5 Å². The van der Waals surface area contributed by atoms with Gasteiger partial charge in [-0.1, -0.05) is 0 Å². The zero-order valence-corrected chi connectivity index (χ0v) is 10.5. The predicted octanol–water partition coefficient (Wildman–Crippen LogP) is 1.34. The Morgan fingerprint density at radius 3 is 2.28 bits per heavy atom. The number of aliphatic hydroxyl groups excluding tert-OH is 1. The summed E-state index contributed by atoms with van der Waals surface area (Å²) in [6, 6.07) is 4.23. The van der Waals surface area contributed by atoms with E-state index in [4.69, 9.17) is 9.84 Å². The topological polar surface area (TPSA) is 87.0 Å². The quantitative estimate of drug-likeness (QED) is 0.690. The molecule has 0 heterocycles. The van der Waals surface area contributed by atoms with E-state index in [0.717, 1.165) is 0 Å². The largest absolute Gasteiger partial charge is 0.508 e. The molecule has 1 aromatic carbocycles. The maximum absolute atomic E-state index is 11.3. The summed E-state index contributed by atoms with van der Waals surface area (Å²) in [4.78, 5) is 11.3. The normalized spacial score (nSPS) is 13.9. The van der Waals surface area contributed by atoms with E-state index in [9.17, 15) is 15.0 Å². The van der Waals surface area contributed by atoms with Gasteiger partial charge in [0.1, 0.15) is 17.6 Å². The molecule has 2 unspecified atom stereocenters. The molecule has 1 rings (SSSR count). The molecule has 0 fully saturated rings. The fraction of sp³-hybridized carbons (Fsp3) is 0.462. The molecule has 5 heteroatoms. The molecule has 0 amide bonds. The number of carbonyl (C=O) groups excluding carboxylic acids is 1. The van der Waals surface area contributed by atoms with E-state index in [1.54, 1.807) is 6.92 Å². The highest BCUT2D eigenvalue weighted by Gasteiger charge is 2.13. The maximum atomic E-state index is 11.3. The van der Waals surface area contributed by atoms with Crippen molar-refractivity contribution in [2.75, 3.05) is 0 Å². The number of aliphatic hydroxyl groups is 1. The molecule has 0 aromatic heterocycles. The summed E-state index contributed by atoms with van der Waals surface area (Å²) in [5, 5.41) is 27.6. The lowest BCUT2D eigenvalue weighted by Gasteiger charge is -2.14. The van der Waals surface area contributed by atoms with E-state index >= 15 is 0 Å². The molecule has 0 aliphatic rings. The summed E-state index contributed by atoms with van der Waals surface area (Å²) >= 11 is 0. The molecular weight excluding hydrogens is 236 g/mol. The summed E-state index contributed by atoms with van der Waals surface area (Å²) in [5.74, 6) is -0.540. The van der Waals surface area contributed by atoms with Crippen molar-refractivity contribution in [3.05, 3.63) is 23.8 Å². The first kappa shape index (κ1) is 14.3. The number of esters is 1. The van der Waals surface area contributed by atoms with Crippen molar-refractivity contribution in [3.63, 3.8) is 0 Å². The predicted molar refractivity (Wildman–Crippen MR) is 65.3 cm³/mol. The Kier molecular flexibility index (Phi) is 4.97. The Hall–Kier alpha value is -1.75. The van der Waals surface area contributed by atoms with E-state index in [-0.39, 0.29) is 17.9 Å². The van der Waals surface area contributed by atoms with Gasteiger partial charge in [0.15, 0.2) is 0 Å². The zero-order chi connectivity index (χ0) is 13.7. The van der Waals surface area contributed by atoms with E-state index in [1.165, 1.54) is 25.1 Å². The van der Waals surface area contributed by atoms with E-state index in [2.05, 4.69) is 0 Å². The summed E-state index contributed by atoms with van der Waals surface area (Å²) in [6.45, 7) is 3.22. The average Bonchev–Trinajstić information content (AvgIpc) is 2.12. The van der Waals surface area contributed by atoms with Crippen LogP contribution in [-0.4, -0.2) is 33.5 Å². The van der Waals surface area contributed by atoms with Gasteiger partial charge in [0.2, 0.25) is 0 Å². The molecule has 0 saturated carbocycles. The second kappa shape index (κ2) is 6.26. The summed E-state index contributed by atoms with van der Waals surface area (Å²) in [6.07, 6.45) is -0.782. The summed E-state index contributed by atoms with van der Waals surface area (Å²) < 4.78 is 5.08. The number of benzene rings is 1. The second-order valence-corrected chi connectivity index (χ2v) is 4.42. The van der Waals surface area contributed by atoms with Gasteiger partial charge in [-0.3, -0.25) is 4.79 Å². The van der Waals surface area contributed by atoms with Gasteiger partial charge in [-0.2, -0.15) is 0 Å². The maximum Gasteiger partial charge on any atom is 0.308 e. The van der Waals surface area contributed by atoms with Crippen LogP contribution in [0.4, 0.5) is 0 Å². The van der Waals surface area contributed by atoms with Crippen molar-refractivity contribution in [1.29, 1.82) is 0 Å². The van der Waals surface area contributed by atoms with Crippen LogP contribution < -0.4 is 0 Å². The van der Waals surface area contributed by atoms with Gasteiger partial charge in [0, 0.05) is 12.5 Å². The molecule has 2 atom stereocenters. The van der Waals surface area contributed by atoms with Crippen molar-refractivity contribution in [1.82, 2.24) is 0 Å². The molecule has 0 aliphatic carbocycles. The minimum Gasteiger partial charge on any atom is -0.508 e. The number of phenolic OH excluding ortho intramolecular Hbond substituents is 2.